The van der Waals surface area contributed by atoms with Gasteiger partial charge in [-0.2, -0.15) is 0 Å². The maximum absolute atomic E-state index is 10.0. The average molecular weight is 435 g/mol. The van der Waals surface area contributed by atoms with Gasteiger partial charge in [0.1, 0.15) is 18.5 Å². The summed E-state index contributed by atoms with van der Waals surface area (Å²) in [5.41, 5.74) is 1.91. The van der Waals surface area contributed by atoms with E-state index in [9.17, 15) is 15.3 Å². The lowest BCUT2D eigenvalue weighted by atomic mass is 9.87. The van der Waals surface area contributed by atoms with Crippen molar-refractivity contribution in [2.24, 2.45) is 0 Å². The number of β-amino-alcohol motifs (C(OH)–C–C–N with tert-alkyl or cyclic N) is 1. The van der Waals surface area contributed by atoms with E-state index in [-0.39, 0.29) is 12.1 Å². The summed E-state index contributed by atoms with van der Waals surface area (Å²) in [5.74, 6) is 0.682. The van der Waals surface area contributed by atoms with Gasteiger partial charge in [-0.3, -0.25) is 0 Å². The number of hydrogen-bond acceptors (Lipinski definition) is 5. The van der Waals surface area contributed by atoms with E-state index < -0.39 is 18.3 Å². The molecule has 1 aliphatic rings. The fourth-order valence-electron chi connectivity index (χ4n) is 2.58. The molecule has 0 fully saturated rings. The Balaban J connectivity index is 2.03. The number of nitrogens with one attached hydrogen (secondary N) is 1. The summed E-state index contributed by atoms with van der Waals surface area (Å²) in [7, 11) is 0. The molecule has 130 valence electrons. The van der Waals surface area contributed by atoms with E-state index >= 15 is 0 Å². The van der Waals surface area contributed by atoms with E-state index in [4.69, 9.17) is 4.74 Å². The molecule has 0 bridgehead atoms. The van der Waals surface area contributed by atoms with Gasteiger partial charge in [-0.25, -0.2) is 0 Å². The summed E-state index contributed by atoms with van der Waals surface area (Å²) in [5, 5.41) is 33.1. The highest BCUT2D eigenvalue weighted by atomic mass is 127. The summed E-state index contributed by atoms with van der Waals surface area (Å²) in [4.78, 5) is 0. The third-order valence-corrected chi connectivity index (χ3v) is 4.91. The first kappa shape index (κ1) is 18.9. The number of rotatable bonds is 5. The van der Waals surface area contributed by atoms with Gasteiger partial charge in [-0.1, -0.05) is 0 Å². The summed E-state index contributed by atoms with van der Waals surface area (Å²) in [6.07, 6.45) is -1.30. The SMILES string of the molecule is CC(C)(C)NCC(O)COc1ccc(I)c2c1C[C@@H](O)[C@@H](O)C2. The Hall–Kier alpha value is -0.410. The second-order valence-electron chi connectivity index (χ2n) is 7.14. The van der Waals surface area contributed by atoms with Crippen LogP contribution >= 0.6 is 22.6 Å². The molecule has 1 aliphatic carbocycles. The van der Waals surface area contributed by atoms with Crippen LogP contribution < -0.4 is 10.1 Å². The molecule has 5 nitrogen and oxygen atoms in total. The molecule has 1 unspecified atom stereocenters. The molecule has 0 amide bonds. The van der Waals surface area contributed by atoms with Crippen LogP contribution in [0.15, 0.2) is 12.1 Å². The Labute approximate surface area is 151 Å². The summed E-state index contributed by atoms with van der Waals surface area (Å²) >= 11 is 2.23. The van der Waals surface area contributed by atoms with Gasteiger partial charge in [0.25, 0.3) is 0 Å². The summed E-state index contributed by atoms with van der Waals surface area (Å²) < 4.78 is 6.84. The quantitative estimate of drug-likeness (QED) is 0.524. The third kappa shape index (κ3) is 5.29. The molecule has 2 rings (SSSR count). The van der Waals surface area contributed by atoms with Crippen LogP contribution in [-0.4, -0.2) is 52.3 Å². The molecule has 0 radical (unpaired) electrons. The van der Waals surface area contributed by atoms with Gasteiger partial charge >= 0.3 is 0 Å². The van der Waals surface area contributed by atoms with Crippen LogP contribution in [0.3, 0.4) is 0 Å². The number of aliphatic hydroxyl groups excluding tert-OH is 3. The molecule has 0 aromatic heterocycles. The van der Waals surface area contributed by atoms with Crippen molar-refractivity contribution in [3.8, 4) is 5.75 Å². The van der Waals surface area contributed by atoms with Gasteiger partial charge in [0, 0.05) is 34.1 Å². The van der Waals surface area contributed by atoms with Crippen molar-refractivity contribution in [3.63, 3.8) is 0 Å². The Kier molecular flexibility index (Phi) is 6.29. The predicted octanol–water partition coefficient (Wildman–Crippen LogP) is 1.24. The maximum atomic E-state index is 10.0. The van der Waals surface area contributed by atoms with E-state index in [1.807, 2.05) is 32.9 Å². The van der Waals surface area contributed by atoms with Gasteiger partial charge in [0.15, 0.2) is 0 Å². The summed E-state index contributed by atoms with van der Waals surface area (Å²) in [6, 6.07) is 3.81. The number of halogens is 1. The number of aliphatic hydroxyl groups is 3. The second-order valence-corrected chi connectivity index (χ2v) is 8.30. The van der Waals surface area contributed by atoms with Gasteiger partial charge in [0.2, 0.25) is 0 Å². The normalized spacial score (nSPS) is 22.6. The first-order valence-corrected chi connectivity index (χ1v) is 8.97. The molecule has 0 spiro atoms. The smallest absolute Gasteiger partial charge is 0.123 e. The number of benzene rings is 1. The first-order valence-electron chi connectivity index (χ1n) is 7.89. The van der Waals surface area contributed by atoms with Gasteiger partial charge < -0.3 is 25.4 Å². The lowest BCUT2D eigenvalue weighted by Gasteiger charge is -2.29. The van der Waals surface area contributed by atoms with E-state index in [0.717, 1.165) is 14.7 Å². The van der Waals surface area contributed by atoms with Crippen LogP contribution in [0.25, 0.3) is 0 Å². The number of hydrogen-bond donors (Lipinski definition) is 4. The Morgan fingerprint density at radius 1 is 1.22 bits per heavy atom. The Morgan fingerprint density at radius 2 is 1.83 bits per heavy atom. The van der Waals surface area contributed by atoms with Crippen molar-refractivity contribution >= 4 is 22.6 Å². The molecular formula is C17H26INO4. The second kappa shape index (κ2) is 7.65. The van der Waals surface area contributed by atoms with Gasteiger partial charge in [-0.15, -0.1) is 0 Å². The molecule has 23 heavy (non-hydrogen) atoms. The molecular weight excluding hydrogens is 409 g/mol. The number of fused-ring (bicyclic) bond motifs is 1. The molecule has 0 heterocycles. The topological polar surface area (TPSA) is 82.0 Å². The monoisotopic (exact) mass is 435 g/mol. The first-order chi connectivity index (χ1) is 10.7. The summed E-state index contributed by atoms with van der Waals surface area (Å²) in [6.45, 7) is 6.78. The fourth-order valence-corrected chi connectivity index (χ4v) is 3.31. The van der Waals surface area contributed by atoms with Gasteiger partial charge in [-0.05, 0) is 61.1 Å². The molecule has 1 aromatic carbocycles. The lowest BCUT2D eigenvalue weighted by Crippen LogP contribution is -2.42. The van der Waals surface area contributed by atoms with Crippen molar-refractivity contribution in [3.05, 3.63) is 26.8 Å². The molecule has 6 heteroatoms. The molecule has 0 saturated heterocycles. The largest absolute Gasteiger partial charge is 0.491 e. The van der Waals surface area contributed by atoms with Gasteiger partial charge in [0.05, 0.1) is 12.2 Å². The zero-order chi connectivity index (χ0) is 17.2. The van der Waals surface area contributed by atoms with E-state index in [1.165, 1.54) is 0 Å². The molecule has 4 N–H and O–H groups in total. The molecule has 3 atom stereocenters. The maximum Gasteiger partial charge on any atom is 0.123 e. The van der Waals surface area contributed by atoms with Crippen LogP contribution in [0.2, 0.25) is 0 Å². The zero-order valence-corrected chi connectivity index (χ0v) is 16.0. The minimum absolute atomic E-state index is 0.0523. The average Bonchev–Trinajstić information content (AvgIpc) is 2.46. The van der Waals surface area contributed by atoms with E-state index in [2.05, 4.69) is 27.9 Å². The highest BCUT2D eigenvalue weighted by Crippen LogP contribution is 2.33. The standard InChI is InChI=1S/C17H26INO4/c1-17(2,3)19-8-10(20)9-23-16-5-4-13(18)11-6-14(21)15(22)7-12(11)16/h4-5,10,14-15,19-22H,6-9H2,1-3H3/t10?,14-,15+/m0/s1. The van der Waals surface area contributed by atoms with Crippen molar-refractivity contribution < 1.29 is 20.1 Å². The predicted molar refractivity (Wildman–Crippen MR) is 97.8 cm³/mol. The molecule has 1 aromatic rings. The van der Waals surface area contributed by atoms with Crippen LogP contribution in [0, 0.1) is 3.57 Å². The highest BCUT2D eigenvalue weighted by Gasteiger charge is 2.29. The Bertz CT molecular complexity index is 544. The van der Waals surface area contributed by atoms with Crippen molar-refractivity contribution in [2.45, 2.75) is 57.5 Å². The zero-order valence-electron chi connectivity index (χ0n) is 13.8. The number of ether oxygens (including phenoxy) is 1. The van der Waals surface area contributed by atoms with E-state index in [1.54, 1.807) is 0 Å². The molecule has 0 aliphatic heterocycles. The van der Waals surface area contributed by atoms with E-state index in [0.29, 0.717) is 25.1 Å². The minimum Gasteiger partial charge on any atom is -0.491 e. The van der Waals surface area contributed by atoms with Crippen molar-refractivity contribution in [2.75, 3.05) is 13.2 Å². The van der Waals surface area contributed by atoms with Crippen molar-refractivity contribution in [1.29, 1.82) is 0 Å². The van der Waals surface area contributed by atoms with Crippen LogP contribution in [0.5, 0.6) is 5.75 Å². The lowest BCUT2D eigenvalue weighted by molar-refractivity contribution is 0.0130. The fraction of sp³-hybridized carbons (Fsp3) is 0.647. The molecule has 0 saturated carbocycles. The Morgan fingerprint density at radius 3 is 2.43 bits per heavy atom. The van der Waals surface area contributed by atoms with Crippen molar-refractivity contribution in [1.82, 2.24) is 5.32 Å². The third-order valence-electron chi connectivity index (χ3n) is 3.90. The minimum atomic E-state index is -0.768. The highest BCUT2D eigenvalue weighted by molar-refractivity contribution is 14.1. The van der Waals surface area contributed by atoms with Crippen LogP contribution in [0.4, 0.5) is 0 Å². The van der Waals surface area contributed by atoms with Crippen LogP contribution in [-0.2, 0) is 12.8 Å². The van der Waals surface area contributed by atoms with Crippen LogP contribution in [0.1, 0.15) is 31.9 Å².